The minimum absolute atomic E-state index is 0.0143. The predicted octanol–water partition coefficient (Wildman–Crippen LogP) is 4.81. The van der Waals surface area contributed by atoms with Crippen LogP contribution in [0.2, 0.25) is 5.02 Å². The maximum atomic E-state index is 12.0. The Morgan fingerprint density at radius 1 is 1.29 bits per heavy atom. The van der Waals surface area contributed by atoms with Gasteiger partial charge in [0.05, 0.1) is 16.3 Å². The lowest BCUT2D eigenvalue weighted by Crippen LogP contribution is -2.19. The molecule has 2 N–H and O–H groups in total. The maximum absolute atomic E-state index is 12.0. The quantitative estimate of drug-likeness (QED) is 0.792. The Morgan fingerprint density at radius 3 is 2.75 bits per heavy atom. The van der Waals surface area contributed by atoms with Crippen LogP contribution < -0.4 is 10.6 Å². The van der Waals surface area contributed by atoms with Gasteiger partial charge in [-0.15, -0.1) is 0 Å². The number of hydrogen-bond donors (Lipinski definition) is 2. The van der Waals surface area contributed by atoms with Gasteiger partial charge in [-0.25, -0.2) is 0 Å². The van der Waals surface area contributed by atoms with Crippen molar-refractivity contribution in [3.8, 4) is 6.07 Å². The number of anilines is 2. The highest BCUT2D eigenvalue weighted by Crippen LogP contribution is 2.26. The van der Waals surface area contributed by atoms with Crippen molar-refractivity contribution in [3.05, 3.63) is 58.6 Å². The van der Waals surface area contributed by atoms with E-state index in [0.29, 0.717) is 22.8 Å². The Morgan fingerprint density at radius 2 is 2.04 bits per heavy atom. The lowest BCUT2D eigenvalue weighted by atomic mass is 10.1. The van der Waals surface area contributed by atoms with Crippen LogP contribution in [0.3, 0.4) is 0 Å². The summed E-state index contributed by atoms with van der Waals surface area (Å²) in [6.45, 7) is 4.40. The van der Waals surface area contributed by atoms with E-state index in [2.05, 4.69) is 16.7 Å². The van der Waals surface area contributed by atoms with Crippen LogP contribution in [-0.4, -0.2) is 5.91 Å². The zero-order chi connectivity index (χ0) is 17.5. The smallest absolute Gasteiger partial charge is 0.227 e. The van der Waals surface area contributed by atoms with Gasteiger partial charge in [0.25, 0.3) is 0 Å². The van der Waals surface area contributed by atoms with Gasteiger partial charge < -0.3 is 10.6 Å². The number of nitrogens with one attached hydrogen (secondary N) is 2. The third kappa shape index (κ3) is 4.50. The number of nitriles is 1. The summed E-state index contributed by atoms with van der Waals surface area (Å²) in [7, 11) is 0. The molecule has 124 valence electrons. The van der Waals surface area contributed by atoms with Crippen molar-refractivity contribution in [2.24, 2.45) is 5.92 Å². The van der Waals surface area contributed by atoms with Gasteiger partial charge in [-0.1, -0.05) is 43.6 Å². The number of carbonyl (C=O) groups excluding carboxylic acids is 1. The fraction of sp³-hybridized carbons (Fsp3) is 0.263. The lowest BCUT2D eigenvalue weighted by Gasteiger charge is -2.13. The van der Waals surface area contributed by atoms with E-state index in [-0.39, 0.29) is 11.8 Å². The highest BCUT2D eigenvalue weighted by Gasteiger charge is 2.11. The predicted molar refractivity (Wildman–Crippen MR) is 98.0 cm³/mol. The van der Waals surface area contributed by atoms with E-state index in [9.17, 15) is 4.79 Å². The average molecular weight is 342 g/mol. The SMILES string of the molecule is CCC(C)C(=O)Nc1cccc(CNc2c(Cl)cccc2C#N)c1. The molecule has 24 heavy (non-hydrogen) atoms. The number of halogens is 1. The number of amides is 1. The zero-order valence-electron chi connectivity index (χ0n) is 13.8. The molecule has 0 aromatic heterocycles. The average Bonchev–Trinajstić information content (AvgIpc) is 2.60. The molecule has 1 amide bonds. The van der Waals surface area contributed by atoms with Crippen molar-refractivity contribution in [2.75, 3.05) is 10.6 Å². The first-order valence-electron chi connectivity index (χ1n) is 7.87. The summed E-state index contributed by atoms with van der Waals surface area (Å²) in [6.07, 6.45) is 0.802. The molecule has 2 aromatic rings. The molecule has 2 aromatic carbocycles. The largest absolute Gasteiger partial charge is 0.379 e. The zero-order valence-corrected chi connectivity index (χ0v) is 14.5. The molecule has 0 aliphatic rings. The van der Waals surface area contributed by atoms with Crippen molar-refractivity contribution in [1.29, 1.82) is 5.26 Å². The summed E-state index contributed by atoms with van der Waals surface area (Å²) < 4.78 is 0. The van der Waals surface area contributed by atoms with Crippen LogP contribution in [0.5, 0.6) is 0 Å². The Kier molecular flexibility index (Phi) is 6.22. The number of nitrogens with zero attached hydrogens (tertiary/aromatic N) is 1. The second-order valence-corrected chi connectivity index (χ2v) is 6.03. The van der Waals surface area contributed by atoms with E-state index in [1.54, 1.807) is 18.2 Å². The molecular weight excluding hydrogens is 322 g/mol. The maximum Gasteiger partial charge on any atom is 0.227 e. The van der Waals surface area contributed by atoms with E-state index in [1.807, 2.05) is 38.1 Å². The van der Waals surface area contributed by atoms with Gasteiger partial charge in [-0.2, -0.15) is 5.26 Å². The monoisotopic (exact) mass is 341 g/mol. The summed E-state index contributed by atoms with van der Waals surface area (Å²) in [6, 6.07) is 15.0. The van der Waals surface area contributed by atoms with Crippen LogP contribution in [0, 0.1) is 17.2 Å². The van der Waals surface area contributed by atoms with E-state index < -0.39 is 0 Å². The molecule has 0 heterocycles. The molecule has 1 unspecified atom stereocenters. The Labute approximate surface area is 147 Å². The van der Waals surface area contributed by atoms with Crippen LogP contribution >= 0.6 is 11.6 Å². The molecule has 0 spiro atoms. The molecule has 2 rings (SSSR count). The van der Waals surface area contributed by atoms with Crippen LogP contribution in [0.25, 0.3) is 0 Å². The van der Waals surface area contributed by atoms with Crippen molar-refractivity contribution >= 4 is 28.9 Å². The summed E-state index contributed by atoms with van der Waals surface area (Å²) in [5.74, 6) is -0.00595. The standard InChI is InChI=1S/C19H20ClN3O/c1-3-13(2)19(24)23-16-8-4-6-14(10-16)12-22-18-15(11-21)7-5-9-17(18)20/h4-10,13,22H,3,12H2,1-2H3,(H,23,24). The fourth-order valence-electron chi connectivity index (χ4n) is 2.20. The van der Waals surface area contributed by atoms with E-state index in [0.717, 1.165) is 17.7 Å². The summed E-state index contributed by atoms with van der Waals surface area (Å²) in [5, 5.41) is 15.8. The molecule has 0 aliphatic carbocycles. The molecular formula is C19H20ClN3O. The third-order valence-corrected chi connectivity index (χ3v) is 4.17. The normalized spacial score (nSPS) is 11.4. The van der Waals surface area contributed by atoms with E-state index in [1.165, 1.54) is 0 Å². The lowest BCUT2D eigenvalue weighted by molar-refractivity contribution is -0.119. The third-order valence-electron chi connectivity index (χ3n) is 3.86. The molecule has 0 fully saturated rings. The number of hydrogen-bond acceptors (Lipinski definition) is 3. The minimum atomic E-state index is -0.0203. The second-order valence-electron chi connectivity index (χ2n) is 5.63. The minimum Gasteiger partial charge on any atom is -0.379 e. The van der Waals surface area contributed by atoms with E-state index >= 15 is 0 Å². The van der Waals surface area contributed by atoms with E-state index in [4.69, 9.17) is 16.9 Å². The van der Waals surface area contributed by atoms with Gasteiger partial charge >= 0.3 is 0 Å². The highest BCUT2D eigenvalue weighted by atomic mass is 35.5. The fourth-order valence-corrected chi connectivity index (χ4v) is 2.44. The molecule has 0 bridgehead atoms. The summed E-state index contributed by atoms with van der Waals surface area (Å²) in [4.78, 5) is 12.0. The molecule has 4 nitrogen and oxygen atoms in total. The first kappa shape index (κ1) is 17.8. The van der Waals surface area contributed by atoms with Gasteiger partial charge in [0.2, 0.25) is 5.91 Å². The molecule has 1 atom stereocenters. The molecule has 5 heteroatoms. The molecule has 0 aliphatic heterocycles. The van der Waals surface area contributed by atoms with Gasteiger partial charge in [-0.05, 0) is 36.2 Å². The van der Waals surface area contributed by atoms with Crippen molar-refractivity contribution < 1.29 is 4.79 Å². The first-order chi connectivity index (χ1) is 11.5. The Bertz CT molecular complexity index is 767. The number of para-hydroxylation sites is 1. The van der Waals surface area contributed by atoms with Gasteiger partial charge in [0, 0.05) is 18.2 Å². The van der Waals surface area contributed by atoms with Crippen molar-refractivity contribution in [3.63, 3.8) is 0 Å². The first-order valence-corrected chi connectivity index (χ1v) is 8.25. The Hall–Kier alpha value is -2.51. The van der Waals surface area contributed by atoms with Crippen molar-refractivity contribution in [1.82, 2.24) is 0 Å². The van der Waals surface area contributed by atoms with Crippen LogP contribution in [0.15, 0.2) is 42.5 Å². The topological polar surface area (TPSA) is 64.9 Å². The number of rotatable bonds is 6. The molecule has 0 radical (unpaired) electrons. The van der Waals surface area contributed by atoms with Gasteiger partial charge in [-0.3, -0.25) is 4.79 Å². The molecule has 0 saturated heterocycles. The van der Waals surface area contributed by atoms with Crippen LogP contribution in [-0.2, 0) is 11.3 Å². The molecule has 0 saturated carbocycles. The second kappa shape index (κ2) is 8.37. The summed E-state index contributed by atoms with van der Waals surface area (Å²) >= 11 is 6.15. The Balaban J connectivity index is 2.08. The highest BCUT2D eigenvalue weighted by molar-refractivity contribution is 6.33. The number of carbonyl (C=O) groups is 1. The summed E-state index contributed by atoms with van der Waals surface area (Å²) in [5.41, 5.74) is 2.87. The van der Waals surface area contributed by atoms with Gasteiger partial charge in [0.15, 0.2) is 0 Å². The van der Waals surface area contributed by atoms with Crippen LogP contribution in [0.1, 0.15) is 31.4 Å². The van der Waals surface area contributed by atoms with Crippen LogP contribution in [0.4, 0.5) is 11.4 Å². The van der Waals surface area contributed by atoms with Gasteiger partial charge in [0.1, 0.15) is 6.07 Å². The van der Waals surface area contributed by atoms with Crippen molar-refractivity contribution in [2.45, 2.75) is 26.8 Å². The number of benzene rings is 2.